The first-order valence-electron chi connectivity index (χ1n) is 10.6. The van der Waals surface area contributed by atoms with Gasteiger partial charge in [0.15, 0.2) is 0 Å². The summed E-state index contributed by atoms with van der Waals surface area (Å²) in [5, 5.41) is 0. The molecule has 2 N–H and O–H groups in total. The highest BCUT2D eigenvalue weighted by Gasteiger charge is 2.25. The van der Waals surface area contributed by atoms with Crippen molar-refractivity contribution in [2.45, 2.75) is 26.8 Å². The van der Waals surface area contributed by atoms with E-state index in [0.29, 0.717) is 56.3 Å². The third-order valence-corrected chi connectivity index (χ3v) is 5.42. The number of nitrogens with zero attached hydrogens (tertiary/aromatic N) is 3. The van der Waals surface area contributed by atoms with E-state index in [-0.39, 0.29) is 11.8 Å². The van der Waals surface area contributed by atoms with Gasteiger partial charge in [-0.05, 0) is 29.7 Å². The SMILES string of the molecule is CC(C)CC(=O)N1CCN(c2ccc(N)cc2C(=O)N(C)Cc2ccccc2)CC1. The van der Waals surface area contributed by atoms with E-state index in [1.807, 2.05) is 54.4 Å². The largest absolute Gasteiger partial charge is 0.399 e. The van der Waals surface area contributed by atoms with Crippen LogP contribution in [0.3, 0.4) is 0 Å². The maximum atomic E-state index is 13.2. The van der Waals surface area contributed by atoms with Crippen molar-refractivity contribution in [2.24, 2.45) is 5.92 Å². The second-order valence-electron chi connectivity index (χ2n) is 8.39. The number of rotatable bonds is 6. The first-order valence-corrected chi connectivity index (χ1v) is 10.6. The van der Waals surface area contributed by atoms with E-state index in [9.17, 15) is 9.59 Å². The molecule has 0 aromatic heterocycles. The average molecular weight is 409 g/mol. The van der Waals surface area contributed by atoms with E-state index >= 15 is 0 Å². The highest BCUT2D eigenvalue weighted by molar-refractivity contribution is 6.00. The minimum atomic E-state index is -0.0560. The fourth-order valence-corrected chi connectivity index (χ4v) is 3.81. The molecule has 0 saturated carbocycles. The summed E-state index contributed by atoms with van der Waals surface area (Å²) in [7, 11) is 1.81. The van der Waals surface area contributed by atoms with Crippen LogP contribution in [0.5, 0.6) is 0 Å². The van der Waals surface area contributed by atoms with Crippen molar-refractivity contribution in [1.29, 1.82) is 0 Å². The summed E-state index contributed by atoms with van der Waals surface area (Å²) in [6.45, 7) is 7.41. The number of hydrogen-bond acceptors (Lipinski definition) is 4. The Bertz CT molecular complexity index is 874. The molecule has 1 aliphatic rings. The molecule has 2 aromatic carbocycles. The lowest BCUT2D eigenvalue weighted by Gasteiger charge is -2.37. The minimum absolute atomic E-state index is 0.0560. The number of carbonyl (C=O) groups excluding carboxylic acids is 2. The number of hydrogen-bond donors (Lipinski definition) is 1. The Kier molecular flexibility index (Phi) is 6.98. The third-order valence-electron chi connectivity index (χ3n) is 5.42. The number of amides is 2. The summed E-state index contributed by atoms with van der Waals surface area (Å²) in [6.07, 6.45) is 0.579. The van der Waals surface area contributed by atoms with Crippen molar-refractivity contribution in [1.82, 2.24) is 9.80 Å². The molecule has 6 nitrogen and oxygen atoms in total. The fourth-order valence-electron chi connectivity index (χ4n) is 3.81. The normalized spacial score (nSPS) is 14.1. The molecule has 1 fully saturated rings. The van der Waals surface area contributed by atoms with Gasteiger partial charge in [-0.15, -0.1) is 0 Å². The van der Waals surface area contributed by atoms with Gasteiger partial charge in [0.1, 0.15) is 0 Å². The number of anilines is 2. The van der Waals surface area contributed by atoms with Crippen LogP contribution in [0.4, 0.5) is 11.4 Å². The first kappa shape index (κ1) is 21.7. The quantitative estimate of drug-likeness (QED) is 0.745. The smallest absolute Gasteiger partial charge is 0.256 e. The topological polar surface area (TPSA) is 69.9 Å². The molecule has 1 aliphatic heterocycles. The van der Waals surface area contributed by atoms with Crippen molar-refractivity contribution in [3.8, 4) is 0 Å². The molecular weight excluding hydrogens is 376 g/mol. The Morgan fingerprint density at radius 3 is 2.33 bits per heavy atom. The van der Waals surface area contributed by atoms with Crippen LogP contribution in [0.1, 0.15) is 36.2 Å². The molecule has 0 unspecified atom stereocenters. The lowest BCUT2D eigenvalue weighted by atomic mass is 10.1. The van der Waals surface area contributed by atoms with Crippen LogP contribution >= 0.6 is 0 Å². The highest BCUT2D eigenvalue weighted by atomic mass is 16.2. The summed E-state index contributed by atoms with van der Waals surface area (Å²) in [5.41, 5.74) is 9.15. The number of carbonyl (C=O) groups is 2. The zero-order chi connectivity index (χ0) is 21.7. The maximum Gasteiger partial charge on any atom is 0.256 e. The zero-order valence-electron chi connectivity index (χ0n) is 18.2. The van der Waals surface area contributed by atoms with Crippen LogP contribution in [0.15, 0.2) is 48.5 Å². The van der Waals surface area contributed by atoms with Crippen LogP contribution in [0.25, 0.3) is 0 Å². The van der Waals surface area contributed by atoms with Gasteiger partial charge in [0.05, 0.1) is 5.56 Å². The van der Waals surface area contributed by atoms with Crippen molar-refractivity contribution in [3.05, 3.63) is 59.7 Å². The Balaban J connectivity index is 1.73. The second-order valence-corrected chi connectivity index (χ2v) is 8.39. The van der Waals surface area contributed by atoms with Gasteiger partial charge >= 0.3 is 0 Å². The van der Waals surface area contributed by atoms with Crippen molar-refractivity contribution >= 4 is 23.2 Å². The molecule has 0 atom stereocenters. The Morgan fingerprint density at radius 1 is 1.03 bits per heavy atom. The second kappa shape index (κ2) is 9.65. The number of nitrogens with two attached hydrogens (primary N) is 1. The predicted octanol–water partition coefficient (Wildman–Crippen LogP) is 3.24. The van der Waals surface area contributed by atoms with Gasteiger partial charge in [-0.2, -0.15) is 0 Å². The Morgan fingerprint density at radius 2 is 1.70 bits per heavy atom. The van der Waals surface area contributed by atoms with Crippen LogP contribution < -0.4 is 10.6 Å². The van der Waals surface area contributed by atoms with Gasteiger partial charge in [-0.25, -0.2) is 0 Å². The lowest BCUT2D eigenvalue weighted by Crippen LogP contribution is -2.49. The van der Waals surface area contributed by atoms with Gasteiger partial charge in [-0.3, -0.25) is 9.59 Å². The number of benzene rings is 2. The molecule has 1 saturated heterocycles. The predicted molar refractivity (Wildman–Crippen MR) is 121 cm³/mol. The Labute approximate surface area is 179 Å². The third kappa shape index (κ3) is 5.32. The van der Waals surface area contributed by atoms with Crippen LogP contribution in [-0.2, 0) is 11.3 Å². The average Bonchev–Trinajstić information content (AvgIpc) is 2.73. The summed E-state index contributed by atoms with van der Waals surface area (Å²) in [6, 6.07) is 15.4. The molecule has 0 radical (unpaired) electrons. The molecule has 0 aliphatic carbocycles. The highest BCUT2D eigenvalue weighted by Crippen LogP contribution is 2.26. The molecule has 2 amide bonds. The van der Waals surface area contributed by atoms with Gasteiger partial charge in [0.2, 0.25) is 5.91 Å². The van der Waals surface area contributed by atoms with E-state index in [0.717, 1.165) is 11.3 Å². The monoisotopic (exact) mass is 408 g/mol. The summed E-state index contributed by atoms with van der Waals surface area (Å²) >= 11 is 0. The molecule has 160 valence electrons. The Hall–Kier alpha value is -3.02. The van der Waals surface area contributed by atoms with E-state index < -0.39 is 0 Å². The van der Waals surface area contributed by atoms with Gasteiger partial charge in [0, 0.05) is 57.6 Å². The van der Waals surface area contributed by atoms with Crippen molar-refractivity contribution in [2.75, 3.05) is 43.9 Å². The summed E-state index contributed by atoms with van der Waals surface area (Å²) in [5.74, 6) is 0.511. The van der Waals surface area contributed by atoms with Gasteiger partial charge in [-0.1, -0.05) is 44.2 Å². The summed E-state index contributed by atoms with van der Waals surface area (Å²) in [4.78, 5) is 31.4. The summed E-state index contributed by atoms with van der Waals surface area (Å²) < 4.78 is 0. The standard InChI is InChI=1S/C24H32N4O2/c1-18(2)15-23(29)28-13-11-27(12-14-28)22-10-9-20(25)16-21(22)24(30)26(3)17-19-7-5-4-6-8-19/h4-10,16,18H,11-15,17,25H2,1-3H3. The molecule has 1 heterocycles. The first-order chi connectivity index (χ1) is 14.3. The van der Waals surface area contributed by atoms with E-state index in [4.69, 9.17) is 5.73 Å². The van der Waals surface area contributed by atoms with Crippen LogP contribution in [0.2, 0.25) is 0 Å². The number of nitrogen functional groups attached to an aromatic ring is 1. The molecule has 6 heteroatoms. The minimum Gasteiger partial charge on any atom is -0.399 e. The fraction of sp³-hybridized carbons (Fsp3) is 0.417. The van der Waals surface area contributed by atoms with Crippen LogP contribution in [-0.4, -0.2) is 54.8 Å². The zero-order valence-corrected chi connectivity index (χ0v) is 18.2. The van der Waals surface area contributed by atoms with Gasteiger partial charge < -0.3 is 20.4 Å². The van der Waals surface area contributed by atoms with Crippen LogP contribution in [0, 0.1) is 5.92 Å². The molecule has 2 aromatic rings. The van der Waals surface area contributed by atoms with E-state index in [2.05, 4.69) is 18.7 Å². The van der Waals surface area contributed by atoms with E-state index in [1.54, 1.807) is 11.0 Å². The molecule has 3 rings (SSSR count). The maximum absolute atomic E-state index is 13.2. The molecule has 0 bridgehead atoms. The number of piperazine rings is 1. The molecule has 30 heavy (non-hydrogen) atoms. The van der Waals surface area contributed by atoms with E-state index in [1.165, 1.54) is 0 Å². The van der Waals surface area contributed by atoms with Crippen molar-refractivity contribution in [3.63, 3.8) is 0 Å². The lowest BCUT2D eigenvalue weighted by molar-refractivity contribution is -0.132. The molecule has 0 spiro atoms. The van der Waals surface area contributed by atoms with Crippen molar-refractivity contribution < 1.29 is 9.59 Å². The van der Waals surface area contributed by atoms with Gasteiger partial charge in [0.25, 0.3) is 5.91 Å². The molecular formula is C24H32N4O2.